The first-order valence-electron chi connectivity index (χ1n) is 9.70. The molecule has 0 aliphatic rings. The second-order valence-electron chi connectivity index (χ2n) is 7.16. The minimum Gasteiger partial charge on any atom is -0.492 e. The lowest BCUT2D eigenvalue weighted by atomic mass is 10.0. The van der Waals surface area contributed by atoms with Gasteiger partial charge in [-0.1, -0.05) is 29.8 Å². The Morgan fingerprint density at radius 3 is 2.31 bits per heavy atom. The van der Waals surface area contributed by atoms with Crippen molar-refractivity contribution in [1.29, 1.82) is 0 Å². The van der Waals surface area contributed by atoms with E-state index in [0.717, 1.165) is 28.6 Å². The summed E-state index contributed by atoms with van der Waals surface area (Å²) in [4.78, 5) is 12.4. The van der Waals surface area contributed by atoms with Gasteiger partial charge >= 0.3 is 0 Å². The number of hydrogen-bond donors (Lipinski definition) is 1. The van der Waals surface area contributed by atoms with Gasteiger partial charge in [0.05, 0.1) is 18.6 Å². The minimum atomic E-state index is -3.51. The quantitative estimate of drug-likeness (QED) is 0.662. The molecule has 0 saturated heterocycles. The first-order chi connectivity index (χ1) is 13.6. The molecular formula is C22H30N2O4S. The Labute approximate surface area is 173 Å². The molecule has 2 aromatic carbocycles. The Morgan fingerprint density at radius 1 is 1.10 bits per heavy atom. The highest BCUT2D eigenvalue weighted by Gasteiger charge is 2.21. The van der Waals surface area contributed by atoms with Crippen LogP contribution in [0.5, 0.6) is 5.75 Å². The van der Waals surface area contributed by atoms with Gasteiger partial charge in [0.1, 0.15) is 5.75 Å². The van der Waals surface area contributed by atoms with Crippen molar-refractivity contribution in [1.82, 2.24) is 0 Å². The maximum atomic E-state index is 12.4. The van der Waals surface area contributed by atoms with Crippen LogP contribution in [0.3, 0.4) is 0 Å². The molecule has 0 aliphatic heterocycles. The average molecular weight is 419 g/mol. The number of nitrogens with one attached hydrogen (secondary N) is 1. The second-order valence-corrected chi connectivity index (χ2v) is 9.07. The maximum Gasteiger partial charge on any atom is 0.232 e. The SMILES string of the molecule is CCOc1ccccc1N(CCCC(=O)Nc1c(C)cc(C)cc1C)S(C)(=O)=O. The molecule has 0 atom stereocenters. The van der Waals surface area contributed by atoms with E-state index in [4.69, 9.17) is 4.74 Å². The fourth-order valence-corrected chi connectivity index (χ4v) is 4.34. The van der Waals surface area contributed by atoms with Crippen molar-refractivity contribution in [2.75, 3.05) is 29.0 Å². The zero-order valence-electron chi connectivity index (χ0n) is 17.8. The van der Waals surface area contributed by atoms with Gasteiger partial charge in [-0.25, -0.2) is 8.42 Å². The van der Waals surface area contributed by atoms with E-state index in [0.29, 0.717) is 24.5 Å². The number of carbonyl (C=O) groups excluding carboxylic acids is 1. The molecule has 0 unspecified atom stereocenters. The van der Waals surface area contributed by atoms with Gasteiger partial charge in [0.15, 0.2) is 0 Å². The minimum absolute atomic E-state index is 0.133. The summed E-state index contributed by atoms with van der Waals surface area (Å²) < 4.78 is 31.6. The topological polar surface area (TPSA) is 75.7 Å². The number of hydrogen-bond acceptors (Lipinski definition) is 4. The van der Waals surface area contributed by atoms with Crippen LogP contribution in [0.1, 0.15) is 36.5 Å². The number of sulfonamides is 1. The second kappa shape index (κ2) is 9.78. The molecule has 0 radical (unpaired) electrons. The fourth-order valence-electron chi connectivity index (χ4n) is 3.37. The van der Waals surface area contributed by atoms with Crippen LogP contribution in [0, 0.1) is 20.8 Å². The summed E-state index contributed by atoms with van der Waals surface area (Å²) in [5.74, 6) is 0.377. The summed E-state index contributed by atoms with van der Waals surface area (Å²) in [6.07, 6.45) is 1.77. The summed E-state index contributed by atoms with van der Waals surface area (Å²) in [7, 11) is -3.51. The molecule has 6 nitrogen and oxygen atoms in total. The van der Waals surface area contributed by atoms with Crippen molar-refractivity contribution < 1.29 is 17.9 Å². The van der Waals surface area contributed by atoms with E-state index in [1.807, 2.05) is 39.8 Å². The Balaban J connectivity index is 2.07. The Hall–Kier alpha value is -2.54. The third-order valence-electron chi connectivity index (χ3n) is 4.54. The van der Waals surface area contributed by atoms with Crippen molar-refractivity contribution in [3.8, 4) is 5.75 Å². The van der Waals surface area contributed by atoms with Crippen LogP contribution in [0.4, 0.5) is 11.4 Å². The zero-order chi connectivity index (χ0) is 21.6. The Kier molecular flexibility index (Phi) is 7.67. The van der Waals surface area contributed by atoms with Gasteiger partial charge in [-0.15, -0.1) is 0 Å². The number of anilines is 2. The molecule has 0 heterocycles. The molecule has 0 aromatic heterocycles. The number of amides is 1. The maximum absolute atomic E-state index is 12.4. The number of aryl methyl sites for hydroxylation is 3. The van der Waals surface area contributed by atoms with E-state index in [9.17, 15) is 13.2 Å². The summed E-state index contributed by atoms with van der Waals surface area (Å²) in [6.45, 7) is 8.43. The van der Waals surface area contributed by atoms with Crippen molar-refractivity contribution in [2.45, 2.75) is 40.5 Å². The van der Waals surface area contributed by atoms with Gasteiger partial charge in [0.25, 0.3) is 0 Å². The summed E-state index contributed by atoms with van der Waals surface area (Å²) >= 11 is 0. The van der Waals surface area contributed by atoms with Crippen LogP contribution in [-0.2, 0) is 14.8 Å². The van der Waals surface area contributed by atoms with E-state index in [1.54, 1.807) is 24.3 Å². The molecule has 29 heavy (non-hydrogen) atoms. The van der Waals surface area contributed by atoms with Crippen LogP contribution in [0.2, 0.25) is 0 Å². The van der Waals surface area contributed by atoms with Crippen molar-refractivity contribution in [3.63, 3.8) is 0 Å². The Bertz CT molecular complexity index is 948. The third-order valence-corrected chi connectivity index (χ3v) is 5.72. The standard InChI is InChI=1S/C22H30N2O4S/c1-6-28-20-11-8-7-10-19(20)24(29(5,26)27)13-9-12-21(25)23-22-17(3)14-16(2)15-18(22)4/h7-8,10-11,14-15H,6,9,12-13H2,1-5H3,(H,23,25). The highest BCUT2D eigenvalue weighted by Crippen LogP contribution is 2.30. The van der Waals surface area contributed by atoms with E-state index < -0.39 is 10.0 Å². The van der Waals surface area contributed by atoms with Gasteiger partial charge in [-0.3, -0.25) is 9.10 Å². The number of ether oxygens (including phenoxy) is 1. The summed E-state index contributed by atoms with van der Waals surface area (Å²) in [5.41, 5.74) is 4.48. The van der Waals surface area contributed by atoms with Crippen LogP contribution in [0.15, 0.2) is 36.4 Å². The molecule has 158 valence electrons. The molecule has 0 spiro atoms. The zero-order valence-corrected chi connectivity index (χ0v) is 18.6. The van der Waals surface area contributed by atoms with Gasteiger partial charge in [-0.2, -0.15) is 0 Å². The molecule has 2 aromatic rings. The molecule has 1 amide bonds. The predicted octanol–water partition coefficient (Wildman–Crippen LogP) is 4.20. The van der Waals surface area contributed by atoms with Crippen LogP contribution < -0.4 is 14.4 Å². The van der Waals surface area contributed by atoms with Crippen LogP contribution in [0.25, 0.3) is 0 Å². The highest BCUT2D eigenvalue weighted by atomic mass is 32.2. The van der Waals surface area contributed by atoms with Gasteiger partial charge in [0.2, 0.25) is 15.9 Å². The molecule has 2 rings (SSSR count). The van der Waals surface area contributed by atoms with Crippen LogP contribution >= 0.6 is 0 Å². The Morgan fingerprint density at radius 2 is 1.72 bits per heavy atom. The lowest BCUT2D eigenvalue weighted by Gasteiger charge is -2.24. The van der Waals surface area contributed by atoms with E-state index in [-0.39, 0.29) is 18.9 Å². The highest BCUT2D eigenvalue weighted by molar-refractivity contribution is 7.92. The molecule has 0 bridgehead atoms. The van der Waals surface area contributed by atoms with Gasteiger partial charge in [-0.05, 0) is 57.4 Å². The molecule has 1 N–H and O–H groups in total. The van der Waals surface area contributed by atoms with Crippen molar-refractivity contribution in [3.05, 3.63) is 53.1 Å². The number of benzene rings is 2. The third kappa shape index (κ3) is 6.22. The first-order valence-corrected chi connectivity index (χ1v) is 11.6. The van der Waals surface area contributed by atoms with Gasteiger partial charge in [0, 0.05) is 18.7 Å². The van der Waals surface area contributed by atoms with Crippen LogP contribution in [-0.4, -0.2) is 33.7 Å². The summed E-state index contributed by atoms with van der Waals surface area (Å²) in [5, 5.41) is 2.96. The van der Waals surface area contributed by atoms with E-state index >= 15 is 0 Å². The van der Waals surface area contributed by atoms with E-state index in [2.05, 4.69) is 5.32 Å². The lowest BCUT2D eigenvalue weighted by Crippen LogP contribution is -2.32. The number of rotatable bonds is 9. The molecule has 0 fully saturated rings. The molecule has 0 aliphatic carbocycles. The van der Waals surface area contributed by atoms with Crippen molar-refractivity contribution in [2.24, 2.45) is 0 Å². The monoisotopic (exact) mass is 418 g/mol. The predicted molar refractivity (Wildman–Crippen MR) is 118 cm³/mol. The number of nitrogens with zero attached hydrogens (tertiary/aromatic N) is 1. The van der Waals surface area contributed by atoms with Gasteiger partial charge < -0.3 is 10.1 Å². The number of para-hydroxylation sites is 2. The summed E-state index contributed by atoms with van der Waals surface area (Å²) in [6, 6.07) is 11.1. The lowest BCUT2D eigenvalue weighted by molar-refractivity contribution is -0.116. The van der Waals surface area contributed by atoms with E-state index in [1.165, 1.54) is 4.31 Å². The smallest absolute Gasteiger partial charge is 0.232 e. The molecular weight excluding hydrogens is 388 g/mol. The average Bonchev–Trinajstić information content (AvgIpc) is 2.62. The van der Waals surface area contributed by atoms with Crippen molar-refractivity contribution >= 4 is 27.3 Å². The molecule has 0 saturated carbocycles. The number of carbonyl (C=O) groups is 1. The molecule has 7 heteroatoms. The largest absolute Gasteiger partial charge is 0.492 e. The first kappa shape index (κ1) is 22.7. The fraction of sp³-hybridized carbons (Fsp3) is 0.409. The normalized spacial score (nSPS) is 11.2.